The van der Waals surface area contributed by atoms with E-state index in [1.165, 1.54) is 22.3 Å². The number of rotatable bonds is 5. The van der Waals surface area contributed by atoms with Gasteiger partial charge in [0.25, 0.3) is 0 Å². The molecule has 2 aromatic carbocycles. The molecule has 3 aromatic rings. The van der Waals surface area contributed by atoms with Crippen LogP contribution in [0.3, 0.4) is 0 Å². The molecule has 0 amide bonds. The lowest BCUT2D eigenvalue weighted by atomic mass is 10.0. The summed E-state index contributed by atoms with van der Waals surface area (Å²) in [5.74, 6) is 1.27. The Labute approximate surface area is 156 Å². The average molecular weight is 351 g/mol. The molecule has 4 heteroatoms. The second-order valence-corrected chi connectivity index (χ2v) is 7.58. The highest BCUT2D eigenvalue weighted by Gasteiger charge is 2.18. The largest absolute Gasteiger partial charge is 0.397 e. The van der Waals surface area contributed by atoms with Gasteiger partial charge in [0.1, 0.15) is 0 Å². The Kier molecular flexibility index (Phi) is 4.94. The number of nitrogen functional groups attached to an aromatic ring is 1. The lowest BCUT2D eigenvalue weighted by molar-refractivity contribution is 0.705. The van der Waals surface area contributed by atoms with Crippen LogP contribution in [-0.2, 0) is 6.54 Å². The number of nitrogens with zero attached hydrogens (tertiary/aromatic N) is 2. The predicted octanol–water partition coefficient (Wildman–Crippen LogP) is 5.82. The Morgan fingerprint density at radius 2 is 1.77 bits per heavy atom. The Balaban J connectivity index is 2.21. The molecule has 1 heterocycles. The van der Waals surface area contributed by atoms with E-state index in [-0.39, 0.29) is 0 Å². The molecule has 0 radical (unpaired) electrons. The van der Waals surface area contributed by atoms with Gasteiger partial charge in [-0.1, -0.05) is 44.5 Å². The zero-order valence-electron chi connectivity index (χ0n) is 16.8. The summed E-state index contributed by atoms with van der Waals surface area (Å²) in [4.78, 5) is 4.99. The van der Waals surface area contributed by atoms with Crippen molar-refractivity contribution in [2.75, 3.05) is 11.1 Å². The molecular formula is C22H30N4. The molecule has 0 aliphatic rings. The van der Waals surface area contributed by atoms with Gasteiger partial charge >= 0.3 is 0 Å². The summed E-state index contributed by atoms with van der Waals surface area (Å²) in [7, 11) is 0. The highest BCUT2D eigenvalue weighted by Crippen LogP contribution is 2.34. The maximum absolute atomic E-state index is 6.35. The standard InChI is InChI=1S/C22H30N4/c1-7-10-26-21-18(23)9-8-17(13(2)3)20(21)25-22(26)24-19-15(5)11-14(4)12-16(19)6/h8-9,11-13H,7,10,23H2,1-6H3,(H,24,25). The molecule has 3 N–H and O–H groups in total. The van der Waals surface area contributed by atoms with E-state index in [0.717, 1.165) is 41.3 Å². The molecular weight excluding hydrogens is 320 g/mol. The Morgan fingerprint density at radius 3 is 2.35 bits per heavy atom. The lowest BCUT2D eigenvalue weighted by Crippen LogP contribution is -2.06. The number of hydrogen-bond acceptors (Lipinski definition) is 3. The van der Waals surface area contributed by atoms with Crippen LogP contribution in [0.25, 0.3) is 11.0 Å². The van der Waals surface area contributed by atoms with Crippen molar-refractivity contribution in [3.05, 3.63) is 46.5 Å². The number of nitrogens with one attached hydrogen (secondary N) is 1. The van der Waals surface area contributed by atoms with Gasteiger partial charge in [-0.25, -0.2) is 4.98 Å². The van der Waals surface area contributed by atoms with Gasteiger partial charge in [0, 0.05) is 12.2 Å². The van der Waals surface area contributed by atoms with Crippen LogP contribution in [0.1, 0.15) is 55.4 Å². The smallest absolute Gasteiger partial charge is 0.208 e. The predicted molar refractivity (Wildman–Crippen MR) is 112 cm³/mol. The van der Waals surface area contributed by atoms with Crippen LogP contribution in [0.5, 0.6) is 0 Å². The van der Waals surface area contributed by atoms with Gasteiger partial charge in [0.05, 0.1) is 16.7 Å². The normalized spacial score (nSPS) is 11.5. The lowest BCUT2D eigenvalue weighted by Gasteiger charge is -2.15. The summed E-state index contributed by atoms with van der Waals surface area (Å²) in [5.41, 5.74) is 15.3. The first-order valence-electron chi connectivity index (χ1n) is 9.47. The third-order valence-electron chi connectivity index (χ3n) is 4.94. The molecule has 0 fully saturated rings. The van der Waals surface area contributed by atoms with Crippen LogP contribution in [0.4, 0.5) is 17.3 Å². The fraction of sp³-hybridized carbons (Fsp3) is 0.409. The molecule has 138 valence electrons. The maximum atomic E-state index is 6.35. The summed E-state index contributed by atoms with van der Waals surface area (Å²) in [6, 6.07) is 8.53. The minimum atomic E-state index is 0.402. The summed E-state index contributed by atoms with van der Waals surface area (Å²) in [5, 5.41) is 3.60. The third-order valence-corrected chi connectivity index (χ3v) is 4.94. The van der Waals surface area contributed by atoms with Crippen molar-refractivity contribution in [1.29, 1.82) is 0 Å². The third kappa shape index (κ3) is 3.16. The van der Waals surface area contributed by atoms with Gasteiger partial charge in [-0.2, -0.15) is 0 Å². The number of imidazole rings is 1. The fourth-order valence-corrected chi connectivity index (χ4v) is 3.78. The average Bonchev–Trinajstić information content (AvgIpc) is 2.90. The highest BCUT2D eigenvalue weighted by atomic mass is 15.2. The minimum Gasteiger partial charge on any atom is -0.397 e. The zero-order valence-corrected chi connectivity index (χ0v) is 16.8. The van der Waals surface area contributed by atoms with Crippen LogP contribution in [0.2, 0.25) is 0 Å². The highest BCUT2D eigenvalue weighted by molar-refractivity contribution is 5.92. The van der Waals surface area contributed by atoms with E-state index in [1.807, 2.05) is 6.07 Å². The number of fused-ring (bicyclic) bond motifs is 1. The summed E-state index contributed by atoms with van der Waals surface area (Å²) in [6.45, 7) is 13.9. The zero-order chi connectivity index (χ0) is 19.0. The SMILES string of the molecule is CCCn1c(Nc2c(C)cc(C)cc2C)nc2c(C(C)C)ccc(N)c21. The fourth-order valence-electron chi connectivity index (χ4n) is 3.78. The van der Waals surface area contributed by atoms with Gasteiger partial charge in [-0.15, -0.1) is 0 Å². The summed E-state index contributed by atoms with van der Waals surface area (Å²) < 4.78 is 2.23. The van der Waals surface area contributed by atoms with Gasteiger partial charge in [-0.3, -0.25) is 0 Å². The van der Waals surface area contributed by atoms with E-state index >= 15 is 0 Å². The molecule has 0 aliphatic heterocycles. The molecule has 0 atom stereocenters. The Bertz CT molecular complexity index is 927. The molecule has 0 saturated carbocycles. The Morgan fingerprint density at radius 1 is 1.12 bits per heavy atom. The second-order valence-electron chi connectivity index (χ2n) is 7.58. The van der Waals surface area contributed by atoms with E-state index in [4.69, 9.17) is 10.7 Å². The van der Waals surface area contributed by atoms with Crippen molar-refractivity contribution in [1.82, 2.24) is 9.55 Å². The van der Waals surface area contributed by atoms with Crippen LogP contribution in [0.15, 0.2) is 24.3 Å². The topological polar surface area (TPSA) is 55.9 Å². The van der Waals surface area contributed by atoms with E-state index in [1.54, 1.807) is 0 Å². The molecule has 26 heavy (non-hydrogen) atoms. The van der Waals surface area contributed by atoms with Gasteiger partial charge in [-0.05, 0) is 55.9 Å². The minimum absolute atomic E-state index is 0.402. The quantitative estimate of drug-likeness (QED) is 0.570. The monoisotopic (exact) mass is 350 g/mol. The van der Waals surface area contributed by atoms with Crippen molar-refractivity contribution in [2.45, 2.75) is 60.4 Å². The number of aromatic nitrogens is 2. The molecule has 0 bridgehead atoms. The first-order valence-corrected chi connectivity index (χ1v) is 9.47. The molecule has 3 rings (SSSR count). The molecule has 0 spiro atoms. The molecule has 0 saturated heterocycles. The number of hydrogen-bond donors (Lipinski definition) is 2. The van der Waals surface area contributed by atoms with Crippen LogP contribution in [-0.4, -0.2) is 9.55 Å². The van der Waals surface area contributed by atoms with E-state index in [2.05, 4.69) is 69.6 Å². The summed E-state index contributed by atoms with van der Waals surface area (Å²) in [6.07, 6.45) is 1.03. The molecule has 1 aromatic heterocycles. The van der Waals surface area contributed by atoms with E-state index in [9.17, 15) is 0 Å². The van der Waals surface area contributed by atoms with Crippen molar-refractivity contribution < 1.29 is 0 Å². The van der Waals surface area contributed by atoms with Crippen molar-refractivity contribution in [2.24, 2.45) is 0 Å². The van der Waals surface area contributed by atoms with Crippen LogP contribution < -0.4 is 11.1 Å². The first-order chi connectivity index (χ1) is 12.3. The Hall–Kier alpha value is -2.49. The van der Waals surface area contributed by atoms with Gasteiger partial charge < -0.3 is 15.6 Å². The second kappa shape index (κ2) is 7.02. The van der Waals surface area contributed by atoms with Gasteiger partial charge in [0.2, 0.25) is 5.95 Å². The summed E-state index contributed by atoms with van der Waals surface area (Å²) >= 11 is 0. The van der Waals surface area contributed by atoms with Crippen molar-refractivity contribution in [3.8, 4) is 0 Å². The van der Waals surface area contributed by atoms with E-state index in [0.29, 0.717) is 5.92 Å². The van der Waals surface area contributed by atoms with Crippen molar-refractivity contribution in [3.63, 3.8) is 0 Å². The number of aryl methyl sites for hydroxylation is 4. The molecule has 0 unspecified atom stereocenters. The molecule has 4 nitrogen and oxygen atoms in total. The first kappa shape index (κ1) is 18.3. The number of anilines is 3. The van der Waals surface area contributed by atoms with Crippen molar-refractivity contribution >= 4 is 28.4 Å². The van der Waals surface area contributed by atoms with Crippen LogP contribution in [0, 0.1) is 20.8 Å². The number of nitrogens with two attached hydrogens (primary N) is 1. The van der Waals surface area contributed by atoms with Crippen LogP contribution >= 0.6 is 0 Å². The maximum Gasteiger partial charge on any atom is 0.208 e. The molecule has 0 aliphatic carbocycles. The van der Waals surface area contributed by atoms with Gasteiger partial charge in [0.15, 0.2) is 0 Å². The number of benzene rings is 2. The van der Waals surface area contributed by atoms with E-state index < -0.39 is 0 Å².